The van der Waals surface area contributed by atoms with Crippen molar-refractivity contribution in [3.05, 3.63) is 54.4 Å². The van der Waals surface area contributed by atoms with Gasteiger partial charge in [0.05, 0.1) is 5.92 Å². The smallest absolute Gasteiger partial charge is 0.225 e. The van der Waals surface area contributed by atoms with Gasteiger partial charge in [0.25, 0.3) is 0 Å². The first-order chi connectivity index (χ1) is 13.3. The van der Waals surface area contributed by atoms with E-state index in [4.69, 9.17) is 0 Å². The molecule has 1 aromatic carbocycles. The third kappa shape index (κ3) is 3.97. The average Bonchev–Trinajstić information content (AvgIpc) is 3.24. The molecule has 1 amide bonds. The molecule has 1 aromatic heterocycles. The summed E-state index contributed by atoms with van der Waals surface area (Å²) in [7, 11) is 0. The van der Waals surface area contributed by atoms with Crippen LogP contribution in [0.25, 0.3) is 0 Å². The number of hydrogen-bond acceptors (Lipinski definition) is 4. The fraction of sp³-hybridized carbons (Fsp3) is 0.500. The Hall–Kier alpha value is -2.43. The minimum atomic E-state index is 0.0109. The van der Waals surface area contributed by atoms with Crippen LogP contribution in [0.3, 0.4) is 0 Å². The number of nitrogens with one attached hydrogen (secondary N) is 1. The van der Waals surface area contributed by atoms with Gasteiger partial charge >= 0.3 is 0 Å². The van der Waals surface area contributed by atoms with Crippen LogP contribution in [-0.4, -0.2) is 35.5 Å². The fourth-order valence-electron chi connectivity index (χ4n) is 4.64. The van der Waals surface area contributed by atoms with Gasteiger partial charge in [-0.15, -0.1) is 0 Å². The van der Waals surface area contributed by atoms with Crippen LogP contribution < -0.4 is 10.2 Å². The fourth-order valence-corrected chi connectivity index (χ4v) is 4.64. The van der Waals surface area contributed by atoms with E-state index in [0.29, 0.717) is 6.54 Å². The third-order valence-electron chi connectivity index (χ3n) is 6.17. The number of rotatable bonds is 5. The maximum absolute atomic E-state index is 12.9. The first-order valence-electron chi connectivity index (χ1n) is 10.1. The van der Waals surface area contributed by atoms with E-state index in [-0.39, 0.29) is 17.2 Å². The van der Waals surface area contributed by atoms with Crippen LogP contribution in [0.5, 0.6) is 0 Å². The molecule has 0 spiro atoms. The molecule has 2 aliphatic rings. The van der Waals surface area contributed by atoms with Gasteiger partial charge in [-0.2, -0.15) is 0 Å². The van der Waals surface area contributed by atoms with Crippen molar-refractivity contribution in [3.63, 3.8) is 0 Å². The Bertz CT molecular complexity index is 743. The molecular weight excluding hydrogens is 336 g/mol. The van der Waals surface area contributed by atoms with E-state index in [9.17, 15) is 4.79 Å². The van der Waals surface area contributed by atoms with Crippen LogP contribution in [0.1, 0.15) is 44.1 Å². The minimum absolute atomic E-state index is 0.0109. The number of carbonyl (C=O) groups is 1. The number of anilines is 1. The Labute approximate surface area is 161 Å². The van der Waals surface area contributed by atoms with Crippen molar-refractivity contribution >= 4 is 11.9 Å². The molecule has 0 bridgehead atoms. The van der Waals surface area contributed by atoms with Gasteiger partial charge in [0.1, 0.15) is 0 Å². The summed E-state index contributed by atoms with van der Waals surface area (Å²) < 4.78 is 0. The molecule has 1 saturated heterocycles. The predicted molar refractivity (Wildman–Crippen MR) is 107 cm³/mol. The summed E-state index contributed by atoms with van der Waals surface area (Å²) in [5.74, 6) is 0.918. The summed E-state index contributed by atoms with van der Waals surface area (Å²) in [6.07, 6.45) is 10.3. The van der Waals surface area contributed by atoms with Crippen molar-refractivity contribution < 1.29 is 4.79 Å². The largest absolute Gasteiger partial charge is 0.355 e. The van der Waals surface area contributed by atoms with Crippen LogP contribution in [0, 0.1) is 5.92 Å². The molecule has 142 valence electrons. The Morgan fingerprint density at radius 1 is 1.07 bits per heavy atom. The van der Waals surface area contributed by atoms with Crippen molar-refractivity contribution in [2.75, 3.05) is 24.5 Å². The van der Waals surface area contributed by atoms with Crippen molar-refractivity contribution in [1.82, 2.24) is 15.3 Å². The van der Waals surface area contributed by atoms with Gasteiger partial charge in [-0.3, -0.25) is 4.79 Å². The molecule has 27 heavy (non-hydrogen) atoms. The van der Waals surface area contributed by atoms with Crippen molar-refractivity contribution in [3.8, 4) is 0 Å². The van der Waals surface area contributed by atoms with Gasteiger partial charge in [-0.05, 0) is 37.3 Å². The van der Waals surface area contributed by atoms with Gasteiger partial charge < -0.3 is 10.2 Å². The second-order valence-electron chi connectivity index (χ2n) is 7.91. The monoisotopic (exact) mass is 364 g/mol. The van der Waals surface area contributed by atoms with Crippen molar-refractivity contribution in [1.29, 1.82) is 0 Å². The Morgan fingerprint density at radius 3 is 2.56 bits per heavy atom. The lowest BCUT2D eigenvalue weighted by Crippen LogP contribution is -2.46. The molecule has 2 fully saturated rings. The second-order valence-corrected chi connectivity index (χ2v) is 7.91. The van der Waals surface area contributed by atoms with Crippen LogP contribution in [0.4, 0.5) is 5.95 Å². The van der Waals surface area contributed by atoms with Crippen LogP contribution in [-0.2, 0) is 10.2 Å². The molecule has 5 heteroatoms. The molecule has 2 heterocycles. The number of hydrogen-bond donors (Lipinski definition) is 1. The van der Waals surface area contributed by atoms with Gasteiger partial charge in [0.2, 0.25) is 11.9 Å². The molecule has 1 aliphatic heterocycles. The molecule has 1 saturated carbocycles. The zero-order valence-corrected chi connectivity index (χ0v) is 15.8. The zero-order valence-electron chi connectivity index (χ0n) is 15.8. The number of amides is 1. The van der Waals surface area contributed by atoms with E-state index in [2.05, 4.69) is 50.5 Å². The molecule has 0 radical (unpaired) electrons. The normalized spacial score (nSPS) is 21.8. The van der Waals surface area contributed by atoms with Gasteiger partial charge in [0, 0.05) is 37.4 Å². The topological polar surface area (TPSA) is 58.1 Å². The summed E-state index contributed by atoms with van der Waals surface area (Å²) in [4.78, 5) is 23.7. The van der Waals surface area contributed by atoms with E-state index in [1.807, 2.05) is 6.07 Å². The Kier molecular flexibility index (Phi) is 5.37. The van der Waals surface area contributed by atoms with Crippen molar-refractivity contribution in [2.24, 2.45) is 5.92 Å². The summed E-state index contributed by atoms with van der Waals surface area (Å²) >= 11 is 0. The molecule has 1 aliphatic carbocycles. The van der Waals surface area contributed by atoms with E-state index in [0.717, 1.165) is 44.7 Å². The number of nitrogens with zero attached hydrogens (tertiary/aromatic N) is 3. The number of aromatic nitrogens is 2. The highest BCUT2D eigenvalue weighted by molar-refractivity contribution is 5.79. The maximum atomic E-state index is 12.9. The lowest BCUT2D eigenvalue weighted by atomic mass is 9.78. The Morgan fingerprint density at radius 2 is 1.81 bits per heavy atom. The maximum Gasteiger partial charge on any atom is 0.225 e. The van der Waals surface area contributed by atoms with Crippen LogP contribution in [0.15, 0.2) is 48.8 Å². The van der Waals surface area contributed by atoms with E-state index in [1.165, 1.54) is 18.4 Å². The summed E-state index contributed by atoms with van der Waals surface area (Å²) in [5.41, 5.74) is 1.47. The Balaban J connectivity index is 1.40. The number of carbonyl (C=O) groups excluding carboxylic acids is 1. The van der Waals surface area contributed by atoms with Gasteiger partial charge in [-0.1, -0.05) is 43.2 Å². The molecule has 1 N–H and O–H groups in total. The van der Waals surface area contributed by atoms with E-state index >= 15 is 0 Å². The van der Waals surface area contributed by atoms with Gasteiger partial charge in [-0.25, -0.2) is 9.97 Å². The molecule has 5 nitrogen and oxygen atoms in total. The summed E-state index contributed by atoms with van der Waals surface area (Å²) in [6, 6.07) is 12.5. The molecule has 2 aromatic rings. The molecule has 4 rings (SSSR count). The number of piperidine rings is 1. The minimum Gasteiger partial charge on any atom is -0.355 e. The summed E-state index contributed by atoms with van der Waals surface area (Å²) in [6.45, 7) is 2.37. The highest BCUT2D eigenvalue weighted by Gasteiger charge is 2.36. The highest BCUT2D eigenvalue weighted by Crippen LogP contribution is 2.40. The lowest BCUT2D eigenvalue weighted by molar-refractivity contribution is -0.125. The zero-order chi connectivity index (χ0) is 18.5. The quantitative estimate of drug-likeness (QED) is 0.884. The molecular formula is C22H28N4O. The second kappa shape index (κ2) is 8.07. The summed E-state index contributed by atoms with van der Waals surface area (Å²) in [5, 5.41) is 3.30. The van der Waals surface area contributed by atoms with Crippen LogP contribution >= 0.6 is 0 Å². The number of benzene rings is 1. The standard InChI is InChI=1S/C22H28N4O/c27-20(18-8-6-15-26(16-18)21-23-13-7-14-24-21)25-17-22(11-4-5-12-22)19-9-2-1-3-10-19/h1-3,7,9-10,13-14,18H,4-6,8,11-12,15-17H2,(H,25,27). The first kappa shape index (κ1) is 18.0. The highest BCUT2D eigenvalue weighted by atomic mass is 16.1. The van der Waals surface area contributed by atoms with E-state index < -0.39 is 0 Å². The first-order valence-corrected chi connectivity index (χ1v) is 10.1. The molecule has 1 atom stereocenters. The van der Waals surface area contributed by atoms with Crippen LogP contribution in [0.2, 0.25) is 0 Å². The third-order valence-corrected chi connectivity index (χ3v) is 6.17. The van der Waals surface area contributed by atoms with E-state index in [1.54, 1.807) is 12.4 Å². The molecule has 1 unspecified atom stereocenters. The SMILES string of the molecule is O=C(NCC1(c2ccccc2)CCCC1)C1CCCN(c2ncccn2)C1. The van der Waals surface area contributed by atoms with Gasteiger partial charge in [0.15, 0.2) is 0 Å². The average molecular weight is 364 g/mol. The predicted octanol–water partition coefficient (Wildman–Crippen LogP) is 3.32. The van der Waals surface area contributed by atoms with Crippen molar-refractivity contribution in [2.45, 2.75) is 43.9 Å². The lowest BCUT2D eigenvalue weighted by Gasteiger charge is -2.34.